The van der Waals surface area contributed by atoms with Gasteiger partial charge in [0.15, 0.2) is 6.29 Å². The number of ether oxygens (including phenoxy) is 1. The summed E-state index contributed by atoms with van der Waals surface area (Å²) < 4.78 is 11.0. The van der Waals surface area contributed by atoms with Gasteiger partial charge in [-0.1, -0.05) is 0 Å². The highest BCUT2D eigenvalue weighted by atomic mass is 16.5. The number of hydrogen-bond donors (Lipinski definition) is 1. The zero-order chi connectivity index (χ0) is 14.4. The summed E-state index contributed by atoms with van der Waals surface area (Å²) in [7, 11) is 1.59. The molecule has 0 atom stereocenters. The molecule has 3 rings (SSSR count). The first-order chi connectivity index (χ1) is 9.56. The summed E-state index contributed by atoms with van der Waals surface area (Å²) in [5.74, 6) is 0.669. The molecule has 0 radical (unpaired) electrons. The maximum Gasteiger partial charge on any atom is 0.154 e. The van der Waals surface area contributed by atoms with Crippen LogP contribution in [-0.4, -0.2) is 18.5 Å². The Hall–Kier alpha value is -2.49. The van der Waals surface area contributed by atoms with E-state index in [0.717, 1.165) is 10.9 Å². The Morgan fingerprint density at radius 3 is 2.45 bits per heavy atom. The Morgan fingerprint density at radius 2 is 1.80 bits per heavy atom. The minimum Gasteiger partial charge on any atom is -0.506 e. The normalized spacial score (nSPS) is 11.2. The van der Waals surface area contributed by atoms with Crippen LogP contribution in [0.5, 0.6) is 11.5 Å². The third kappa shape index (κ3) is 1.58. The predicted molar refractivity (Wildman–Crippen MR) is 76.8 cm³/mol. The van der Waals surface area contributed by atoms with Gasteiger partial charge in [-0.3, -0.25) is 4.79 Å². The lowest BCUT2D eigenvalue weighted by Gasteiger charge is -2.04. The number of phenols is 1. The maximum atomic E-state index is 11.1. The van der Waals surface area contributed by atoms with Gasteiger partial charge < -0.3 is 14.3 Å². The first kappa shape index (κ1) is 12.5. The molecule has 4 nitrogen and oxygen atoms in total. The maximum absolute atomic E-state index is 11.1. The topological polar surface area (TPSA) is 59.7 Å². The molecule has 1 aromatic heterocycles. The highest BCUT2D eigenvalue weighted by molar-refractivity contribution is 6.12. The van der Waals surface area contributed by atoms with Crippen molar-refractivity contribution in [2.45, 2.75) is 13.8 Å². The van der Waals surface area contributed by atoms with Crippen molar-refractivity contribution in [3.05, 3.63) is 34.9 Å². The summed E-state index contributed by atoms with van der Waals surface area (Å²) in [6.07, 6.45) is 0.668. The summed E-state index contributed by atoms with van der Waals surface area (Å²) in [6, 6.07) is 5.42. The Bertz CT molecular complexity index is 843. The van der Waals surface area contributed by atoms with Gasteiger partial charge in [0, 0.05) is 11.5 Å². The quantitative estimate of drug-likeness (QED) is 0.721. The number of fused-ring (bicyclic) bond motifs is 3. The fourth-order valence-electron chi connectivity index (χ4n) is 2.62. The second-order valence-electron chi connectivity index (χ2n) is 4.87. The van der Waals surface area contributed by atoms with E-state index in [-0.39, 0.29) is 5.75 Å². The molecule has 0 fully saturated rings. The fourth-order valence-corrected chi connectivity index (χ4v) is 2.62. The van der Waals surface area contributed by atoms with E-state index in [9.17, 15) is 9.90 Å². The van der Waals surface area contributed by atoms with Crippen LogP contribution in [0.3, 0.4) is 0 Å². The predicted octanol–water partition coefficient (Wildman–Crippen LogP) is 3.73. The molecule has 0 aliphatic heterocycles. The molecule has 4 heteroatoms. The van der Waals surface area contributed by atoms with Crippen molar-refractivity contribution in [1.82, 2.24) is 0 Å². The van der Waals surface area contributed by atoms with Crippen LogP contribution in [0.1, 0.15) is 21.5 Å². The number of phenolic OH excluding ortho intramolecular Hbond substituents is 1. The van der Waals surface area contributed by atoms with Gasteiger partial charge in [-0.2, -0.15) is 0 Å². The number of aryl methyl sites for hydroxylation is 2. The highest BCUT2D eigenvalue weighted by Crippen LogP contribution is 2.40. The summed E-state index contributed by atoms with van der Waals surface area (Å²) >= 11 is 0. The van der Waals surface area contributed by atoms with Crippen molar-refractivity contribution >= 4 is 28.2 Å². The standard InChI is InChI=1S/C16H14O4/c1-8-5-12-15(16(18)11(8)7-17)14-9(2)4-10(19-3)6-13(14)20-12/h4-7,18H,1-3H3. The van der Waals surface area contributed by atoms with Crippen molar-refractivity contribution in [3.8, 4) is 11.5 Å². The van der Waals surface area contributed by atoms with Crippen molar-refractivity contribution in [2.24, 2.45) is 0 Å². The van der Waals surface area contributed by atoms with E-state index in [1.165, 1.54) is 0 Å². The molecule has 0 saturated carbocycles. The van der Waals surface area contributed by atoms with Crippen LogP contribution in [0.25, 0.3) is 21.9 Å². The molecule has 1 heterocycles. The van der Waals surface area contributed by atoms with Gasteiger partial charge >= 0.3 is 0 Å². The summed E-state index contributed by atoms with van der Waals surface area (Å²) in [5.41, 5.74) is 3.12. The number of hydrogen-bond acceptors (Lipinski definition) is 4. The van der Waals surface area contributed by atoms with Gasteiger partial charge in [-0.15, -0.1) is 0 Å². The smallest absolute Gasteiger partial charge is 0.154 e. The fraction of sp³-hybridized carbons (Fsp3) is 0.188. The number of aromatic hydroxyl groups is 1. The lowest BCUT2D eigenvalue weighted by molar-refractivity contribution is 0.112. The molecule has 0 spiro atoms. The second kappa shape index (κ2) is 4.27. The van der Waals surface area contributed by atoms with Gasteiger partial charge in [0.25, 0.3) is 0 Å². The zero-order valence-corrected chi connectivity index (χ0v) is 11.5. The Morgan fingerprint density at radius 1 is 1.10 bits per heavy atom. The molecule has 20 heavy (non-hydrogen) atoms. The van der Waals surface area contributed by atoms with Crippen LogP contribution in [0.4, 0.5) is 0 Å². The molecular formula is C16H14O4. The SMILES string of the molecule is COc1cc(C)c2c(c1)oc1cc(C)c(C=O)c(O)c12. The number of benzene rings is 2. The third-order valence-corrected chi connectivity index (χ3v) is 3.61. The van der Waals surface area contributed by atoms with Crippen molar-refractivity contribution in [1.29, 1.82) is 0 Å². The molecule has 0 unspecified atom stereocenters. The average molecular weight is 270 g/mol. The number of furan rings is 1. The van der Waals surface area contributed by atoms with Gasteiger partial charge in [0.1, 0.15) is 22.7 Å². The van der Waals surface area contributed by atoms with Gasteiger partial charge in [-0.05, 0) is 37.1 Å². The van der Waals surface area contributed by atoms with E-state index in [1.54, 1.807) is 26.2 Å². The molecule has 0 aliphatic rings. The minimum atomic E-state index is -0.0259. The van der Waals surface area contributed by atoms with Crippen molar-refractivity contribution in [2.75, 3.05) is 7.11 Å². The Balaban J connectivity index is 2.54. The van der Waals surface area contributed by atoms with Crippen molar-refractivity contribution in [3.63, 3.8) is 0 Å². The van der Waals surface area contributed by atoms with Gasteiger partial charge in [0.2, 0.25) is 0 Å². The van der Waals surface area contributed by atoms with E-state index in [0.29, 0.717) is 39.7 Å². The van der Waals surface area contributed by atoms with E-state index in [4.69, 9.17) is 9.15 Å². The lowest BCUT2D eigenvalue weighted by Crippen LogP contribution is -1.88. The van der Waals surface area contributed by atoms with Crippen LogP contribution < -0.4 is 4.74 Å². The zero-order valence-electron chi connectivity index (χ0n) is 11.5. The molecule has 0 amide bonds. The van der Waals surface area contributed by atoms with Crippen LogP contribution in [0.15, 0.2) is 22.6 Å². The second-order valence-corrected chi connectivity index (χ2v) is 4.87. The minimum absolute atomic E-state index is 0.0259. The highest BCUT2D eigenvalue weighted by Gasteiger charge is 2.18. The van der Waals surface area contributed by atoms with Gasteiger partial charge in [-0.25, -0.2) is 0 Å². The Labute approximate surface area is 115 Å². The number of methoxy groups -OCH3 is 1. The van der Waals surface area contributed by atoms with Crippen LogP contribution in [0.2, 0.25) is 0 Å². The monoisotopic (exact) mass is 270 g/mol. The molecule has 1 N–H and O–H groups in total. The summed E-state index contributed by atoms with van der Waals surface area (Å²) in [5, 5.41) is 11.7. The van der Waals surface area contributed by atoms with E-state index in [2.05, 4.69) is 0 Å². The van der Waals surface area contributed by atoms with Gasteiger partial charge in [0.05, 0.1) is 18.1 Å². The van der Waals surface area contributed by atoms with E-state index in [1.807, 2.05) is 13.0 Å². The molecule has 102 valence electrons. The first-order valence-corrected chi connectivity index (χ1v) is 6.25. The summed E-state index contributed by atoms with van der Waals surface area (Å²) in [6.45, 7) is 3.68. The first-order valence-electron chi connectivity index (χ1n) is 6.25. The lowest BCUT2D eigenvalue weighted by atomic mass is 10.0. The average Bonchev–Trinajstić information content (AvgIpc) is 2.77. The van der Waals surface area contributed by atoms with Crippen LogP contribution in [0, 0.1) is 13.8 Å². The molecule has 0 saturated heterocycles. The number of carbonyl (C=O) groups is 1. The number of carbonyl (C=O) groups excluding carboxylic acids is 1. The molecule has 0 bridgehead atoms. The largest absolute Gasteiger partial charge is 0.506 e. The van der Waals surface area contributed by atoms with Crippen LogP contribution in [-0.2, 0) is 0 Å². The number of rotatable bonds is 2. The summed E-state index contributed by atoms with van der Waals surface area (Å²) in [4.78, 5) is 11.1. The third-order valence-electron chi connectivity index (χ3n) is 3.61. The Kier molecular flexibility index (Phi) is 2.67. The van der Waals surface area contributed by atoms with Crippen LogP contribution >= 0.6 is 0 Å². The van der Waals surface area contributed by atoms with E-state index < -0.39 is 0 Å². The molecule has 3 aromatic rings. The number of aldehydes is 1. The molecular weight excluding hydrogens is 256 g/mol. The molecule has 0 aliphatic carbocycles. The van der Waals surface area contributed by atoms with Crippen molar-refractivity contribution < 1.29 is 19.1 Å². The van der Waals surface area contributed by atoms with E-state index >= 15 is 0 Å². The molecule has 2 aromatic carbocycles.